The van der Waals surface area contributed by atoms with Crippen molar-refractivity contribution in [3.05, 3.63) is 109 Å². The zero-order chi connectivity index (χ0) is 51.4. The van der Waals surface area contributed by atoms with Gasteiger partial charge < -0.3 is 14.2 Å². The maximum Gasteiger partial charge on any atom is 0.306 e. The van der Waals surface area contributed by atoms with Gasteiger partial charge in [-0.1, -0.05) is 265 Å². The molecule has 0 heterocycles. The van der Waals surface area contributed by atoms with Crippen LogP contribution in [-0.4, -0.2) is 37.2 Å². The molecule has 1 unspecified atom stereocenters. The first-order valence-electron chi connectivity index (χ1n) is 29.4. The minimum absolute atomic E-state index is 0.0784. The van der Waals surface area contributed by atoms with Gasteiger partial charge in [0.15, 0.2) is 6.10 Å². The van der Waals surface area contributed by atoms with Gasteiger partial charge in [-0.3, -0.25) is 14.4 Å². The quantitative estimate of drug-likeness (QED) is 0.0261. The molecule has 0 aliphatic heterocycles. The summed E-state index contributed by atoms with van der Waals surface area (Å²) in [5, 5.41) is 0. The zero-order valence-corrected chi connectivity index (χ0v) is 46.2. The third-order valence-corrected chi connectivity index (χ3v) is 12.3. The second kappa shape index (κ2) is 58.6. The Morgan fingerprint density at radius 2 is 0.549 bits per heavy atom. The molecule has 0 amide bonds. The molecule has 6 nitrogen and oxygen atoms in total. The average Bonchev–Trinajstić information content (AvgIpc) is 3.37. The lowest BCUT2D eigenvalue weighted by Gasteiger charge is -2.18. The fourth-order valence-electron chi connectivity index (χ4n) is 7.91. The summed E-state index contributed by atoms with van der Waals surface area (Å²) >= 11 is 0. The molecule has 0 saturated heterocycles. The minimum atomic E-state index is -0.776. The molecule has 1 atom stereocenters. The Morgan fingerprint density at radius 3 is 0.859 bits per heavy atom. The summed E-state index contributed by atoms with van der Waals surface area (Å²) in [5.74, 6) is -0.895. The normalized spacial score (nSPS) is 12.9. The van der Waals surface area contributed by atoms with Crippen molar-refractivity contribution in [2.24, 2.45) is 0 Å². The molecule has 0 N–H and O–H groups in total. The molecule has 0 aromatic rings. The van der Waals surface area contributed by atoms with E-state index in [1.54, 1.807) is 0 Å². The lowest BCUT2D eigenvalue weighted by molar-refractivity contribution is -0.167. The van der Waals surface area contributed by atoms with Crippen LogP contribution in [0.2, 0.25) is 0 Å². The van der Waals surface area contributed by atoms with Gasteiger partial charge in [-0.2, -0.15) is 0 Å². The second-order valence-electron chi connectivity index (χ2n) is 19.2. The third-order valence-electron chi connectivity index (χ3n) is 12.3. The number of unbranched alkanes of at least 4 members (excludes halogenated alkanes) is 23. The number of ether oxygens (including phenoxy) is 3. The smallest absolute Gasteiger partial charge is 0.306 e. The number of carbonyl (C=O) groups excluding carboxylic acids is 3. The molecule has 6 heteroatoms. The van der Waals surface area contributed by atoms with Crippen molar-refractivity contribution in [3.63, 3.8) is 0 Å². The van der Waals surface area contributed by atoms with Crippen LogP contribution >= 0.6 is 0 Å². The molecular weight excluding hydrogens is 877 g/mol. The van der Waals surface area contributed by atoms with Gasteiger partial charge in [0.25, 0.3) is 0 Å². The number of hydrogen-bond acceptors (Lipinski definition) is 6. The van der Waals surface area contributed by atoms with Crippen LogP contribution in [0.3, 0.4) is 0 Å². The second-order valence-corrected chi connectivity index (χ2v) is 19.2. The van der Waals surface area contributed by atoms with Crippen LogP contribution in [0.4, 0.5) is 0 Å². The highest BCUT2D eigenvalue weighted by Gasteiger charge is 2.19. The predicted octanol–water partition coefficient (Wildman–Crippen LogP) is 19.9. The van der Waals surface area contributed by atoms with Crippen LogP contribution in [-0.2, 0) is 28.6 Å². The maximum absolute atomic E-state index is 12.7. The SMILES string of the molecule is CC/C=C\C/C=C\C/C=C\C/C=C\C/C=C\C/C=C\C/C=C\C/C=C\C/C=C\CCCCCCCCCC(=O)OCC(COC(=O)CCCCCCCCCCC)OC(=O)CCCCCCCCCCC. The Hall–Kier alpha value is -3.93. The molecular formula is C65H108O6. The summed E-state index contributed by atoms with van der Waals surface area (Å²) in [6.45, 7) is 6.47. The van der Waals surface area contributed by atoms with Crippen molar-refractivity contribution in [2.75, 3.05) is 13.2 Å². The third kappa shape index (κ3) is 56.9. The number of hydrogen-bond donors (Lipinski definition) is 0. The molecule has 0 saturated carbocycles. The lowest BCUT2D eigenvalue weighted by atomic mass is 10.1. The topological polar surface area (TPSA) is 78.9 Å². The van der Waals surface area contributed by atoms with Crippen molar-refractivity contribution in [1.82, 2.24) is 0 Å². The Balaban J connectivity index is 4.09. The highest BCUT2D eigenvalue weighted by atomic mass is 16.6. The standard InChI is InChI=1S/C65H108O6/c1-4-7-10-13-16-19-20-21-22-23-24-25-26-27-28-29-30-31-32-33-34-35-36-37-38-39-40-41-42-43-44-47-49-52-55-58-64(67)70-61-62(71-65(68)59-56-53-50-46-18-15-12-9-6-3)60-69-63(66)57-54-51-48-45-17-14-11-8-5-2/h7,10,16,19,21-22,24-25,27-28,30-31,33-34,36-37,39-40,62H,4-6,8-9,11-15,17-18,20,23,26,29,32,35,38,41-61H2,1-3H3/b10-7-,19-16-,22-21-,25-24-,28-27-,31-30-,34-33-,37-36-,40-39-. The van der Waals surface area contributed by atoms with Gasteiger partial charge in [0.2, 0.25) is 0 Å². The first kappa shape index (κ1) is 67.1. The van der Waals surface area contributed by atoms with E-state index in [0.29, 0.717) is 19.3 Å². The molecule has 0 fully saturated rings. The highest BCUT2D eigenvalue weighted by Crippen LogP contribution is 2.15. The van der Waals surface area contributed by atoms with E-state index in [2.05, 4.69) is 130 Å². The van der Waals surface area contributed by atoms with Gasteiger partial charge >= 0.3 is 17.9 Å². The Kier molecular flexibility index (Phi) is 55.4. The minimum Gasteiger partial charge on any atom is -0.462 e. The van der Waals surface area contributed by atoms with Crippen LogP contribution in [0.1, 0.15) is 265 Å². The van der Waals surface area contributed by atoms with E-state index in [9.17, 15) is 14.4 Å². The van der Waals surface area contributed by atoms with Gasteiger partial charge in [-0.15, -0.1) is 0 Å². The summed E-state index contributed by atoms with van der Waals surface area (Å²) in [7, 11) is 0. The number of esters is 3. The Labute approximate surface area is 438 Å². The van der Waals surface area contributed by atoms with Gasteiger partial charge in [0, 0.05) is 19.3 Å². The van der Waals surface area contributed by atoms with Crippen molar-refractivity contribution in [2.45, 2.75) is 271 Å². The molecule has 0 rings (SSSR count). The largest absolute Gasteiger partial charge is 0.462 e. The van der Waals surface area contributed by atoms with E-state index in [1.807, 2.05) is 0 Å². The maximum atomic E-state index is 12.7. The van der Waals surface area contributed by atoms with E-state index in [4.69, 9.17) is 14.2 Å². The van der Waals surface area contributed by atoms with Gasteiger partial charge in [0.05, 0.1) is 0 Å². The Morgan fingerprint density at radius 1 is 0.296 bits per heavy atom. The Bertz CT molecular complexity index is 1460. The molecule has 404 valence electrons. The fraction of sp³-hybridized carbons (Fsp3) is 0.677. The molecule has 0 aromatic heterocycles. The van der Waals surface area contributed by atoms with Crippen LogP contribution in [0, 0.1) is 0 Å². The predicted molar refractivity (Wildman–Crippen MR) is 307 cm³/mol. The molecule has 0 bridgehead atoms. The van der Waals surface area contributed by atoms with E-state index in [1.165, 1.54) is 103 Å². The lowest BCUT2D eigenvalue weighted by Crippen LogP contribution is -2.30. The fourth-order valence-corrected chi connectivity index (χ4v) is 7.91. The molecule has 0 aliphatic carbocycles. The van der Waals surface area contributed by atoms with E-state index >= 15 is 0 Å². The number of carbonyl (C=O) groups is 3. The van der Waals surface area contributed by atoms with E-state index in [-0.39, 0.29) is 31.1 Å². The van der Waals surface area contributed by atoms with Crippen LogP contribution in [0.15, 0.2) is 109 Å². The van der Waals surface area contributed by atoms with E-state index in [0.717, 1.165) is 122 Å². The molecule has 0 radical (unpaired) electrons. The van der Waals surface area contributed by atoms with Crippen LogP contribution < -0.4 is 0 Å². The summed E-state index contributed by atoms with van der Waals surface area (Å²) in [4.78, 5) is 37.8. The van der Waals surface area contributed by atoms with Crippen molar-refractivity contribution < 1.29 is 28.6 Å². The molecule has 0 aliphatic rings. The first-order valence-corrected chi connectivity index (χ1v) is 29.4. The van der Waals surface area contributed by atoms with Crippen molar-refractivity contribution >= 4 is 17.9 Å². The zero-order valence-electron chi connectivity index (χ0n) is 46.2. The van der Waals surface area contributed by atoms with Crippen LogP contribution in [0.5, 0.6) is 0 Å². The van der Waals surface area contributed by atoms with Gasteiger partial charge in [-0.25, -0.2) is 0 Å². The highest BCUT2D eigenvalue weighted by molar-refractivity contribution is 5.71. The molecule has 0 spiro atoms. The summed E-state index contributed by atoms with van der Waals surface area (Å²) < 4.78 is 16.7. The van der Waals surface area contributed by atoms with Crippen molar-refractivity contribution in [1.29, 1.82) is 0 Å². The summed E-state index contributed by atoms with van der Waals surface area (Å²) in [6, 6.07) is 0. The van der Waals surface area contributed by atoms with Crippen molar-refractivity contribution in [3.8, 4) is 0 Å². The van der Waals surface area contributed by atoms with Gasteiger partial charge in [-0.05, 0) is 89.9 Å². The number of allylic oxidation sites excluding steroid dienone is 18. The summed E-state index contributed by atoms with van der Waals surface area (Å²) in [6.07, 6.45) is 79.7. The first-order chi connectivity index (χ1) is 35.0. The molecule has 0 aromatic carbocycles. The monoisotopic (exact) mass is 985 g/mol. The van der Waals surface area contributed by atoms with Crippen LogP contribution in [0.25, 0.3) is 0 Å². The molecule has 71 heavy (non-hydrogen) atoms. The average molecular weight is 986 g/mol. The van der Waals surface area contributed by atoms with Gasteiger partial charge in [0.1, 0.15) is 13.2 Å². The van der Waals surface area contributed by atoms with E-state index < -0.39 is 6.10 Å². The number of rotatable bonds is 52. The summed E-state index contributed by atoms with van der Waals surface area (Å²) in [5.41, 5.74) is 0.